The van der Waals surface area contributed by atoms with Gasteiger partial charge in [0, 0.05) is 6.07 Å². The quantitative estimate of drug-likeness (QED) is 0.711. The summed E-state index contributed by atoms with van der Waals surface area (Å²) in [6.07, 6.45) is -0.113. The molecule has 0 saturated carbocycles. The zero-order valence-corrected chi connectivity index (χ0v) is 8.11. The molecule has 84 valence electrons. The zero-order valence-electron chi connectivity index (χ0n) is 8.11. The van der Waals surface area contributed by atoms with Crippen molar-refractivity contribution in [3.63, 3.8) is 0 Å². The minimum absolute atomic E-state index is 0.00171. The maximum absolute atomic E-state index is 12.9. The van der Waals surface area contributed by atoms with Gasteiger partial charge in [0.05, 0.1) is 18.2 Å². The van der Waals surface area contributed by atoms with Crippen molar-refractivity contribution in [1.82, 2.24) is 0 Å². The van der Waals surface area contributed by atoms with Crippen molar-refractivity contribution in [1.29, 1.82) is 0 Å². The molecule has 0 aromatic heterocycles. The van der Waals surface area contributed by atoms with Gasteiger partial charge in [-0.3, -0.25) is 9.59 Å². The molecule has 0 spiro atoms. The number of rotatable bonds is 1. The van der Waals surface area contributed by atoms with E-state index in [9.17, 15) is 18.4 Å². The Labute approximate surface area is 89.6 Å². The number of benzene rings is 1. The van der Waals surface area contributed by atoms with Crippen molar-refractivity contribution in [2.24, 2.45) is 5.73 Å². The summed E-state index contributed by atoms with van der Waals surface area (Å²) in [6, 6.07) is 1.91. The van der Waals surface area contributed by atoms with E-state index >= 15 is 0 Å². The van der Waals surface area contributed by atoms with Crippen molar-refractivity contribution < 1.29 is 18.4 Å². The number of carbonyl (C=O) groups excluding carboxylic acids is 2. The Morgan fingerprint density at radius 1 is 1.25 bits per heavy atom. The van der Waals surface area contributed by atoms with E-state index in [1.807, 2.05) is 0 Å². The molecule has 1 saturated heterocycles. The molecule has 1 aromatic carbocycles. The minimum Gasteiger partial charge on any atom is -0.319 e. The molecule has 1 aliphatic rings. The molecule has 2 amide bonds. The summed E-state index contributed by atoms with van der Waals surface area (Å²) in [5, 5.41) is 0. The Morgan fingerprint density at radius 2 is 1.94 bits per heavy atom. The van der Waals surface area contributed by atoms with E-state index in [-0.39, 0.29) is 12.1 Å². The first-order chi connectivity index (χ1) is 7.50. The van der Waals surface area contributed by atoms with Crippen LogP contribution in [0, 0.1) is 11.6 Å². The number of anilines is 1. The van der Waals surface area contributed by atoms with E-state index in [1.54, 1.807) is 0 Å². The van der Waals surface area contributed by atoms with Gasteiger partial charge in [-0.15, -0.1) is 0 Å². The number of halogens is 2. The van der Waals surface area contributed by atoms with Crippen LogP contribution in [0.4, 0.5) is 14.5 Å². The summed E-state index contributed by atoms with van der Waals surface area (Å²) in [4.78, 5) is 23.6. The number of imide groups is 1. The van der Waals surface area contributed by atoms with E-state index in [0.717, 1.165) is 23.1 Å². The van der Waals surface area contributed by atoms with Crippen LogP contribution in [0.1, 0.15) is 6.42 Å². The third-order valence-corrected chi connectivity index (χ3v) is 2.34. The predicted molar refractivity (Wildman–Crippen MR) is 51.4 cm³/mol. The average molecular weight is 226 g/mol. The van der Waals surface area contributed by atoms with Crippen LogP contribution in [0.15, 0.2) is 18.2 Å². The number of carbonyl (C=O) groups is 2. The minimum atomic E-state index is -1.11. The van der Waals surface area contributed by atoms with Crippen LogP contribution in [0.5, 0.6) is 0 Å². The van der Waals surface area contributed by atoms with E-state index in [2.05, 4.69) is 0 Å². The van der Waals surface area contributed by atoms with Crippen LogP contribution >= 0.6 is 0 Å². The maximum Gasteiger partial charge on any atom is 0.251 e. The fourth-order valence-electron chi connectivity index (χ4n) is 1.55. The largest absolute Gasteiger partial charge is 0.319 e. The molecular formula is C10H8F2N2O2. The first kappa shape index (κ1) is 10.7. The molecule has 4 nitrogen and oxygen atoms in total. The summed E-state index contributed by atoms with van der Waals surface area (Å²) in [6.45, 7) is 0. The van der Waals surface area contributed by atoms with Gasteiger partial charge in [-0.05, 0) is 12.1 Å². The number of hydrogen-bond acceptors (Lipinski definition) is 3. The highest BCUT2D eigenvalue weighted by Gasteiger charge is 2.37. The van der Waals surface area contributed by atoms with Gasteiger partial charge < -0.3 is 5.73 Å². The molecule has 0 bridgehead atoms. The van der Waals surface area contributed by atoms with Gasteiger partial charge >= 0.3 is 0 Å². The summed E-state index contributed by atoms with van der Waals surface area (Å²) in [5.74, 6) is -3.26. The van der Waals surface area contributed by atoms with E-state index in [0.29, 0.717) is 0 Å². The average Bonchev–Trinajstić information content (AvgIpc) is 2.47. The van der Waals surface area contributed by atoms with Crippen molar-refractivity contribution in [2.45, 2.75) is 12.5 Å². The monoisotopic (exact) mass is 226 g/mol. The molecule has 1 unspecified atom stereocenters. The van der Waals surface area contributed by atoms with Crippen molar-refractivity contribution in [3.8, 4) is 0 Å². The standard InChI is InChI=1S/C10H8F2N2O2/c11-6-2-1-5(3-7(6)12)14-9(15)4-8(13)10(14)16/h1-3,8H,4,13H2. The lowest BCUT2D eigenvalue weighted by Gasteiger charge is -2.14. The first-order valence-corrected chi connectivity index (χ1v) is 4.58. The summed E-state index contributed by atoms with van der Waals surface area (Å²) >= 11 is 0. The van der Waals surface area contributed by atoms with Crippen LogP contribution in [-0.4, -0.2) is 17.9 Å². The highest BCUT2D eigenvalue weighted by Crippen LogP contribution is 2.23. The smallest absolute Gasteiger partial charge is 0.251 e. The van der Waals surface area contributed by atoms with E-state index in [1.165, 1.54) is 0 Å². The van der Waals surface area contributed by atoms with Crippen molar-refractivity contribution in [2.75, 3.05) is 4.90 Å². The van der Waals surface area contributed by atoms with Crippen LogP contribution in [0.3, 0.4) is 0 Å². The predicted octanol–water partition coefficient (Wildman–Crippen LogP) is 0.555. The topological polar surface area (TPSA) is 63.4 Å². The van der Waals surface area contributed by atoms with Crippen LogP contribution in [0.25, 0.3) is 0 Å². The number of nitrogens with zero attached hydrogens (tertiary/aromatic N) is 1. The molecule has 1 atom stereocenters. The summed E-state index contributed by atoms with van der Waals surface area (Å²) in [5.41, 5.74) is 5.39. The molecular weight excluding hydrogens is 218 g/mol. The van der Waals surface area contributed by atoms with Gasteiger partial charge in [0.25, 0.3) is 5.91 Å². The summed E-state index contributed by atoms with van der Waals surface area (Å²) in [7, 11) is 0. The second kappa shape index (κ2) is 3.64. The Kier molecular flexibility index (Phi) is 2.43. The molecule has 1 heterocycles. The van der Waals surface area contributed by atoms with Gasteiger partial charge in [0.15, 0.2) is 11.6 Å². The van der Waals surface area contributed by atoms with E-state index in [4.69, 9.17) is 5.73 Å². The molecule has 6 heteroatoms. The van der Waals surface area contributed by atoms with Gasteiger partial charge in [0.2, 0.25) is 5.91 Å². The van der Waals surface area contributed by atoms with Crippen molar-refractivity contribution in [3.05, 3.63) is 29.8 Å². The Bertz CT molecular complexity index is 476. The number of amides is 2. The molecule has 2 rings (SSSR count). The molecule has 1 fully saturated rings. The molecule has 1 aliphatic heterocycles. The zero-order chi connectivity index (χ0) is 11.9. The summed E-state index contributed by atoms with van der Waals surface area (Å²) < 4.78 is 25.6. The lowest BCUT2D eigenvalue weighted by molar-refractivity contribution is -0.121. The third-order valence-electron chi connectivity index (χ3n) is 2.34. The fraction of sp³-hybridized carbons (Fsp3) is 0.200. The molecule has 1 aromatic rings. The fourth-order valence-corrected chi connectivity index (χ4v) is 1.55. The normalized spacial score (nSPS) is 20.7. The second-order valence-electron chi connectivity index (χ2n) is 3.48. The Balaban J connectivity index is 2.41. The molecule has 0 radical (unpaired) electrons. The van der Waals surface area contributed by atoms with Crippen LogP contribution < -0.4 is 10.6 Å². The Morgan fingerprint density at radius 3 is 2.44 bits per heavy atom. The van der Waals surface area contributed by atoms with Gasteiger partial charge in [-0.25, -0.2) is 13.7 Å². The second-order valence-corrected chi connectivity index (χ2v) is 3.48. The first-order valence-electron chi connectivity index (χ1n) is 4.58. The third kappa shape index (κ3) is 1.57. The van der Waals surface area contributed by atoms with Gasteiger partial charge in [-0.1, -0.05) is 0 Å². The molecule has 16 heavy (non-hydrogen) atoms. The van der Waals surface area contributed by atoms with Gasteiger partial charge in [0.1, 0.15) is 0 Å². The van der Waals surface area contributed by atoms with E-state index < -0.39 is 29.5 Å². The van der Waals surface area contributed by atoms with Gasteiger partial charge in [-0.2, -0.15) is 0 Å². The lowest BCUT2D eigenvalue weighted by Crippen LogP contribution is -2.35. The van der Waals surface area contributed by atoms with Crippen LogP contribution in [0.2, 0.25) is 0 Å². The SMILES string of the molecule is NC1CC(=O)N(c2ccc(F)c(F)c2)C1=O. The number of hydrogen-bond donors (Lipinski definition) is 1. The van der Waals surface area contributed by atoms with Crippen LogP contribution in [-0.2, 0) is 9.59 Å². The molecule has 2 N–H and O–H groups in total. The highest BCUT2D eigenvalue weighted by molar-refractivity contribution is 6.22. The Hall–Kier alpha value is -1.82. The maximum atomic E-state index is 12.9. The highest BCUT2D eigenvalue weighted by atomic mass is 19.2. The number of nitrogens with two attached hydrogens (primary N) is 1. The van der Waals surface area contributed by atoms with Crippen molar-refractivity contribution >= 4 is 17.5 Å². The molecule has 0 aliphatic carbocycles. The lowest BCUT2D eigenvalue weighted by atomic mass is 10.2.